The Kier molecular flexibility index (Phi) is 5.54. The lowest BCUT2D eigenvalue weighted by Crippen LogP contribution is -2.49. The Morgan fingerprint density at radius 2 is 1.90 bits per heavy atom. The third-order valence-electron chi connectivity index (χ3n) is 5.41. The minimum absolute atomic E-state index is 0.0279. The molecule has 0 aromatic heterocycles. The normalized spacial score (nSPS) is 17.3. The van der Waals surface area contributed by atoms with Gasteiger partial charge in [-0.15, -0.1) is 0 Å². The smallest absolute Gasteiger partial charge is 0.417 e. The number of rotatable bonds is 6. The molecule has 1 aliphatic rings. The fourth-order valence-electron chi connectivity index (χ4n) is 3.68. The van der Waals surface area contributed by atoms with Gasteiger partial charge in [-0.1, -0.05) is 17.7 Å². The molecule has 1 atom stereocenters. The molecule has 0 spiro atoms. The summed E-state index contributed by atoms with van der Waals surface area (Å²) in [6, 6.07) is 9.48. The number of ether oxygens (including phenoxy) is 1. The van der Waals surface area contributed by atoms with E-state index in [1.54, 1.807) is 0 Å². The van der Waals surface area contributed by atoms with Gasteiger partial charge in [-0.05, 0) is 55.2 Å². The van der Waals surface area contributed by atoms with E-state index >= 15 is 0 Å². The SMILES string of the molecule is COc1ccc(F)cc1C1(CC(O)(Cc2ccc(C#N)cc2Cl)C(F)(F)F)CC1. The Morgan fingerprint density at radius 1 is 1.21 bits per heavy atom. The average Bonchev–Trinajstić information content (AvgIpc) is 3.42. The van der Waals surface area contributed by atoms with Gasteiger partial charge in [0.1, 0.15) is 11.6 Å². The minimum atomic E-state index is -4.94. The lowest BCUT2D eigenvalue weighted by Gasteiger charge is -2.35. The average molecular weight is 428 g/mol. The van der Waals surface area contributed by atoms with E-state index in [-0.39, 0.29) is 21.9 Å². The molecule has 2 aromatic rings. The Bertz CT molecular complexity index is 966. The van der Waals surface area contributed by atoms with Gasteiger partial charge in [-0.25, -0.2) is 4.39 Å². The van der Waals surface area contributed by atoms with Crippen molar-refractivity contribution >= 4 is 11.6 Å². The van der Waals surface area contributed by atoms with Crippen LogP contribution in [0.4, 0.5) is 17.6 Å². The van der Waals surface area contributed by atoms with E-state index < -0.39 is 35.9 Å². The molecule has 3 nitrogen and oxygen atoms in total. The zero-order valence-corrected chi connectivity index (χ0v) is 16.2. The largest absolute Gasteiger partial charge is 0.496 e. The van der Waals surface area contributed by atoms with Crippen LogP contribution in [0.1, 0.15) is 36.0 Å². The predicted octanol–water partition coefficient (Wildman–Crippen LogP) is 5.32. The molecule has 8 heteroatoms. The van der Waals surface area contributed by atoms with Gasteiger partial charge in [0.25, 0.3) is 0 Å². The van der Waals surface area contributed by atoms with E-state index in [0.29, 0.717) is 18.4 Å². The molecule has 0 aliphatic heterocycles. The highest BCUT2D eigenvalue weighted by molar-refractivity contribution is 6.31. The van der Waals surface area contributed by atoms with Gasteiger partial charge < -0.3 is 9.84 Å². The zero-order valence-electron chi connectivity index (χ0n) is 15.5. The van der Waals surface area contributed by atoms with Crippen molar-refractivity contribution in [2.24, 2.45) is 0 Å². The van der Waals surface area contributed by atoms with Crippen molar-refractivity contribution in [2.45, 2.75) is 42.9 Å². The summed E-state index contributed by atoms with van der Waals surface area (Å²) in [6.07, 6.45) is -5.64. The highest BCUT2D eigenvalue weighted by Gasteiger charge is 2.61. The summed E-state index contributed by atoms with van der Waals surface area (Å²) < 4.78 is 60.9. The van der Waals surface area contributed by atoms with Crippen molar-refractivity contribution < 1.29 is 27.4 Å². The van der Waals surface area contributed by atoms with Crippen LogP contribution < -0.4 is 4.74 Å². The van der Waals surface area contributed by atoms with E-state index in [9.17, 15) is 22.7 Å². The first-order valence-corrected chi connectivity index (χ1v) is 9.23. The first-order valence-electron chi connectivity index (χ1n) is 8.85. The van der Waals surface area contributed by atoms with Gasteiger partial charge in [0, 0.05) is 22.4 Å². The van der Waals surface area contributed by atoms with Gasteiger partial charge in [0.05, 0.1) is 18.7 Å². The molecule has 29 heavy (non-hydrogen) atoms. The fraction of sp³-hybridized carbons (Fsp3) is 0.381. The van der Waals surface area contributed by atoms with Gasteiger partial charge in [0.15, 0.2) is 5.60 Å². The summed E-state index contributed by atoms with van der Waals surface area (Å²) in [5, 5.41) is 19.6. The Morgan fingerprint density at radius 3 is 2.41 bits per heavy atom. The lowest BCUT2D eigenvalue weighted by atomic mass is 9.79. The van der Waals surface area contributed by atoms with Crippen molar-refractivity contribution in [3.63, 3.8) is 0 Å². The van der Waals surface area contributed by atoms with E-state index in [1.165, 1.54) is 37.4 Å². The minimum Gasteiger partial charge on any atom is -0.496 e. The monoisotopic (exact) mass is 427 g/mol. The number of alkyl halides is 3. The standard InChI is InChI=1S/C21H18ClF4NO2/c1-29-18-5-4-15(23)9-16(18)19(6-7-19)12-20(28,21(24,25)26)10-14-3-2-13(11-27)8-17(14)22/h2-5,8-9,28H,6-7,10,12H2,1H3. The molecule has 1 saturated carbocycles. The summed E-state index contributed by atoms with van der Waals surface area (Å²) in [5.41, 5.74) is -3.53. The summed E-state index contributed by atoms with van der Waals surface area (Å²) in [7, 11) is 1.36. The van der Waals surface area contributed by atoms with Gasteiger partial charge in [-0.3, -0.25) is 0 Å². The van der Waals surface area contributed by atoms with Crippen LogP contribution in [0.5, 0.6) is 5.75 Å². The van der Waals surface area contributed by atoms with Crippen LogP contribution in [-0.2, 0) is 11.8 Å². The number of methoxy groups -OCH3 is 1. The molecule has 1 N–H and O–H groups in total. The quantitative estimate of drug-likeness (QED) is 0.635. The Labute approximate surface area is 170 Å². The molecule has 0 saturated heterocycles. The van der Waals surface area contributed by atoms with Crippen molar-refractivity contribution in [3.05, 3.63) is 63.9 Å². The van der Waals surface area contributed by atoms with Crippen molar-refractivity contribution in [2.75, 3.05) is 7.11 Å². The summed E-state index contributed by atoms with van der Waals surface area (Å²) >= 11 is 6.04. The van der Waals surface area contributed by atoms with E-state index in [2.05, 4.69) is 0 Å². The summed E-state index contributed by atoms with van der Waals surface area (Å²) in [5.74, 6) is -0.303. The summed E-state index contributed by atoms with van der Waals surface area (Å²) in [6.45, 7) is 0. The van der Waals surface area contributed by atoms with Crippen LogP contribution in [0.2, 0.25) is 5.02 Å². The molecule has 0 amide bonds. The molecule has 1 unspecified atom stereocenters. The number of hydrogen-bond acceptors (Lipinski definition) is 3. The van der Waals surface area contributed by atoms with Crippen LogP contribution in [0.3, 0.4) is 0 Å². The van der Waals surface area contributed by atoms with E-state index in [0.717, 1.165) is 6.07 Å². The Hall–Kier alpha value is -2.30. The highest BCUT2D eigenvalue weighted by atomic mass is 35.5. The number of benzene rings is 2. The molecule has 154 valence electrons. The topological polar surface area (TPSA) is 53.2 Å². The molecule has 2 aromatic carbocycles. The molecule has 0 radical (unpaired) electrons. The first-order chi connectivity index (χ1) is 13.5. The van der Waals surface area contributed by atoms with Crippen molar-refractivity contribution in [1.29, 1.82) is 5.26 Å². The van der Waals surface area contributed by atoms with Gasteiger partial charge >= 0.3 is 6.18 Å². The molecule has 3 rings (SSSR count). The van der Waals surface area contributed by atoms with Crippen molar-refractivity contribution in [3.8, 4) is 11.8 Å². The van der Waals surface area contributed by atoms with Crippen LogP contribution in [0.15, 0.2) is 36.4 Å². The predicted molar refractivity (Wildman–Crippen MR) is 99.4 cm³/mol. The van der Waals surface area contributed by atoms with Crippen LogP contribution in [0.25, 0.3) is 0 Å². The molecule has 1 fully saturated rings. The maximum Gasteiger partial charge on any atom is 0.417 e. The maximum atomic E-state index is 14.0. The van der Waals surface area contributed by atoms with Crippen LogP contribution >= 0.6 is 11.6 Å². The second-order valence-corrected chi connectivity index (χ2v) is 7.83. The Balaban J connectivity index is 1.98. The number of hydrogen-bond donors (Lipinski definition) is 1. The van der Waals surface area contributed by atoms with Gasteiger partial charge in [0.2, 0.25) is 0 Å². The zero-order chi connectivity index (χ0) is 21.4. The number of aliphatic hydroxyl groups is 1. The van der Waals surface area contributed by atoms with E-state index in [4.69, 9.17) is 21.6 Å². The third-order valence-corrected chi connectivity index (χ3v) is 5.76. The maximum absolute atomic E-state index is 14.0. The molecular formula is C21H18ClF4NO2. The molecule has 0 heterocycles. The molecule has 0 bridgehead atoms. The summed E-state index contributed by atoms with van der Waals surface area (Å²) in [4.78, 5) is 0. The van der Waals surface area contributed by atoms with Crippen LogP contribution in [0, 0.1) is 17.1 Å². The third kappa shape index (κ3) is 4.19. The van der Waals surface area contributed by atoms with E-state index in [1.807, 2.05) is 6.07 Å². The van der Waals surface area contributed by atoms with Crippen molar-refractivity contribution in [1.82, 2.24) is 0 Å². The second-order valence-electron chi connectivity index (χ2n) is 7.43. The number of nitrogens with zero attached hydrogens (tertiary/aromatic N) is 1. The second kappa shape index (κ2) is 7.51. The van der Waals surface area contributed by atoms with Crippen LogP contribution in [-0.4, -0.2) is 24.0 Å². The molecular weight excluding hydrogens is 410 g/mol. The molecule has 1 aliphatic carbocycles. The highest BCUT2D eigenvalue weighted by Crippen LogP contribution is 2.58. The fourth-order valence-corrected chi connectivity index (χ4v) is 3.93. The lowest BCUT2D eigenvalue weighted by molar-refractivity contribution is -0.264. The number of halogens is 5. The van der Waals surface area contributed by atoms with Gasteiger partial charge in [-0.2, -0.15) is 18.4 Å². The number of nitriles is 1. The first kappa shape index (κ1) is 21.4.